The van der Waals surface area contributed by atoms with E-state index in [1.807, 2.05) is 38.1 Å². The molecule has 1 N–H and O–H groups in total. The molecule has 268 valence electrons. The molecule has 1 saturated heterocycles. The van der Waals surface area contributed by atoms with Gasteiger partial charge in [0.05, 0.1) is 25.3 Å². The molecule has 0 spiro atoms. The molecule has 0 saturated carbocycles. The molecule has 0 aliphatic carbocycles. The number of anilines is 1. The van der Waals surface area contributed by atoms with Crippen LogP contribution < -0.4 is 19.1 Å². The molecule has 1 aromatic heterocycles. The summed E-state index contributed by atoms with van der Waals surface area (Å²) >= 11 is 2.71. The average molecular weight is 736 g/mol. The van der Waals surface area contributed by atoms with Crippen molar-refractivity contribution in [1.29, 1.82) is 0 Å². The van der Waals surface area contributed by atoms with E-state index in [2.05, 4.69) is 48.3 Å². The highest BCUT2D eigenvalue weighted by atomic mass is 32.2. The van der Waals surface area contributed by atoms with Crippen LogP contribution >= 0.6 is 23.1 Å². The lowest BCUT2D eigenvalue weighted by molar-refractivity contribution is -0.132. The van der Waals surface area contributed by atoms with Crippen molar-refractivity contribution in [1.82, 2.24) is 10.2 Å². The average Bonchev–Trinajstić information content (AvgIpc) is 3.72. The summed E-state index contributed by atoms with van der Waals surface area (Å²) in [6, 6.07) is 27.3. The third-order valence-electron chi connectivity index (χ3n) is 8.77. The molecule has 1 amide bonds. The zero-order valence-corrected chi connectivity index (χ0v) is 31.4. The number of rotatable bonds is 14. The number of carbonyl (C=O) groups excluding carboxylic acids is 2. The lowest BCUT2D eigenvalue weighted by atomic mass is 9.95. The first kappa shape index (κ1) is 36.7. The number of aliphatic hydroxyl groups is 1. The Hall–Kier alpha value is -5.13. The molecular formula is C41H41N3O6S2. The Bertz CT molecular complexity index is 2080. The molecule has 2 heterocycles. The van der Waals surface area contributed by atoms with Crippen LogP contribution in [0, 0.1) is 19.8 Å². The molecule has 1 aliphatic rings. The third-order valence-corrected chi connectivity index (χ3v) is 10.9. The van der Waals surface area contributed by atoms with Gasteiger partial charge in [0.1, 0.15) is 18.1 Å². The summed E-state index contributed by atoms with van der Waals surface area (Å²) in [7, 11) is 1.54. The summed E-state index contributed by atoms with van der Waals surface area (Å²) in [5.74, 6) is 0.743. The van der Waals surface area contributed by atoms with Crippen LogP contribution in [-0.2, 0) is 21.9 Å². The Kier molecular flexibility index (Phi) is 11.6. The molecule has 0 radical (unpaired) electrons. The number of Topliss-reactive ketones (excluding diaryl/α,β-unsaturated/α-hetero) is 1. The first-order valence-electron chi connectivity index (χ1n) is 17.0. The zero-order chi connectivity index (χ0) is 36.8. The highest BCUT2D eigenvalue weighted by Crippen LogP contribution is 2.46. The van der Waals surface area contributed by atoms with Gasteiger partial charge in [0.25, 0.3) is 5.78 Å². The van der Waals surface area contributed by atoms with Crippen LogP contribution in [0.15, 0.2) is 101 Å². The fraction of sp³-hybridized carbons (Fsp3) is 0.268. The van der Waals surface area contributed by atoms with Crippen LogP contribution in [0.5, 0.6) is 17.2 Å². The van der Waals surface area contributed by atoms with E-state index in [1.165, 1.54) is 40.7 Å². The molecule has 5 aromatic rings. The number of nitrogens with zero attached hydrogens (tertiary/aromatic N) is 3. The van der Waals surface area contributed by atoms with Crippen molar-refractivity contribution in [3.63, 3.8) is 0 Å². The number of aromatic nitrogens is 2. The van der Waals surface area contributed by atoms with Crippen LogP contribution in [0.25, 0.3) is 5.76 Å². The van der Waals surface area contributed by atoms with E-state index in [0.717, 1.165) is 23.1 Å². The Labute approximate surface area is 312 Å². The van der Waals surface area contributed by atoms with E-state index in [0.29, 0.717) is 57.6 Å². The van der Waals surface area contributed by atoms with E-state index in [1.54, 1.807) is 42.5 Å². The lowest BCUT2D eigenvalue weighted by Crippen LogP contribution is -2.29. The number of thioether (sulfide) groups is 1. The molecule has 0 bridgehead atoms. The van der Waals surface area contributed by atoms with E-state index in [9.17, 15) is 14.7 Å². The van der Waals surface area contributed by atoms with Crippen LogP contribution in [0.4, 0.5) is 5.13 Å². The quantitative estimate of drug-likeness (QED) is 0.0393. The maximum absolute atomic E-state index is 13.9. The molecule has 1 atom stereocenters. The van der Waals surface area contributed by atoms with E-state index in [-0.39, 0.29) is 16.5 Å². The van der Waals surface area contributed by atoms with Gasteiger partial charge >= 0.3 is 5.91 Å². The minimum atomic E-state index is -1.02. The van der Waals surface area contributed by atoms with E-state index >= 15 is 0 Å². The summed E-state index contributed by atoms with van der Waals surface area (Å²) in [5, 5.41) is 20.7. The minimum absolute atomic E-state index is 0.0711. The minimum Gasteiger partial charge on any atom is -0.507 e. The van der Waals surface area contributed by atoms with Crippen molar-refractivity contribution in [2.45, 2.75) is 56.9 Å². The van der Waals surface area contributed by atoms with Crippen molar-refractivity contribution < 1.29 is 28.9 Å². The maximum Gasteiger partial charge on any atom is 0.301 e. The number of methoxy groups -OCH3 is 1. The van der Waals surface area contributed by atoms with Gasteiger partial charge in [0.15, 0.2) is 15.8 Å². The Morgan fingerprint density at radius 1 is 0.923 bits per heavy atom. The number of hydrogen-bond acceptors (Lipinski definition) is 10. The van der Waals surface area contributed by atoms with E-state index in [4.69, 9.17) is 14.2 Å². The molecule has 9 nitrogen and oxygen atoms in total. The fourth-order valence-corrected chi connectivity index (χ4v) is 7.53. The predicted octanol–water partition coefficient (Wildman–Crippen LogP) is 9.09. The number of ether oxygens (including phenoxy) is 3. The van der Waals surface area contributed by atoms with Crippen molar-refractivity contribution in [2.75, 3.05) is 18.6 Å². The van der Waals surface area contributed by atoms with Crippen molar-refractivity contribution in [2.24, 2.45) is 5.92 Å². The second-order valence-corrected chi connectivity index (χ2v) is 15.2. The Morgan fingerprint density at radius 2 is 1.67 bits per heavy atom. The lowest BCUT2D eigenvalue weighted by Gasteiger charge is -2.23. The van der Waals surface area contributed by atoms with Gasteiger partial charge in [-0.1, -0.05) is 97.1 Å². The van der Waals surface area contributed by atoms with Crippen molar-refractivity contribution in [3.8, 4) is 17.2 Å². The van der Waals surface area contributed by atoms with Crippen LogP contribution in [0.1, 0.15) is 59.7 Å². The molecule has 1 fully saturated rings. The number of aliphatic hydroxyl groups excluding tert-OH is 1. The third kappa shape index (κ3) is 8.32. The molecule has 11 heteroatoms. The highest BCUT2D eigenvalue weighted by Gasteiger charge is 2.48. The number of amides is 1. The SMILES string of the molecule is COc1cc(C2/C(=C(\O)c3ccc(OCc4ccccc4C)cc3)C(=O)C(=O)N2c2nnc(SCc3ccc(C)cc3)s2)ccc1OCCC(C)C. The van der Waals surface area contributed by atoms with Gasteiger partial charge in [-0.05, 0) is 84.8 Å². The van der Waals surface area contributed by atoms with Crippen LogP contribution in [-0.4, -0.2) is 40.7 Å². The number of ketones is 1. The molecular weight excluding hydrogens is 695 g/mol. The first-order valence-corrected chi connectivity index (χ1v) is 18.8. The molecule has 4 aromatic carbocycles. The summed E-state index contributed by atoms with van der Waals surface area (Å²) in [4.78, 5) is 29.1. The first-order chi connectivity index (χ1) is 25.1. The summed E-state index contributed by atoms with van der Waals surface area (Å²) < 4.78 is 18.4. The molecule has 1 aliphatic heterocycles. The second-order valence-electron chi connectivity index (χ2n) is 13.0. The Morgan fingerprint density at radius 3 is 2.38 bits per heavy atom. The summed E-state index contributed by atoms with van der Waals surface area (Å²) in [6.45, 7) is 9.21. The van der Waals surface area contributed by atoms with Gasteiger partial charge in [-0.3, -0.25) is 14.5 Å². The molecule has 6 rings (SSSR count). The van der Waals surface area contributed by atoms with Crippen LogP contribution in [0.3, 0.4) is 0 Å². The largest absolute Gasteiger partial charge is 0.507 e. The molecule has 1 unspecified atom stereocenters. The number of aryl methyl sites for hydroxylation is 2. The smallest absolute Gasteiger partial charge is 0.301 e. The number of benzene rings is 4. The van der Waals surface area contributed by atoms with E-state index < -0.39 is 17.7 Å². The van der Waals surface area contributed by atoms with Gasteiger partial charge in [0, 0.05) is 11.3 Å². The van der Waals surface area contributed by atoms with Crippen LogP contribution in [0.2, 0.25) is 0 Å². The zero-order valence-electron chi connectivity index (χ0n) is 29.8. The monoisotopic (exact) mass is 735 g/mol. The van der Waals surface area contributed by atoms with Gasteiger partial charge in [-0.25, -0.2) is 0 Å². The number of hydrogen-bond donors (Lipinski definition) is 1. The maximum atomic E-state index is 13.9. The topological polar surface area (TPSA) is 111 Å². The summed E-state index contributed by atoms with van der Waals surface area (Å²) in [5.41, 5.74) is 5.32. The number of carbonyl (C=O) groups is 2. The summed E-state index contributed by atoms with van der Waals surface area (Å²) in [6.07, 6.45) is 0.863. The van der Waals surface area contributed by atoms with Gasteiger partial charge < -0.3 is 19.3 Å². The predicted molar refractivity (Wildman–Crippen MR) is 205 cm³/mol. The fourth-order valence-electron chi connectivity index (χ4n) is 5.71. The normalized spacial score (nSPS) is 15.3. The standard InChI is InChI=1S/C41H41N3O6S2/c1-25(2)20-21-49-33-19-16-30(22-34(33)48-5)36-35(37(45)29-14-17-32(18-15-29)50-23-31-9-7-6-8-27(31)4)38(46)39(47)44(36)40-42-43-41(52-40)51-24-28-12-10-26(3)11-13-28/h6-19,22,25,36,45H,20-21,23-24H2,1-5H3/b37-35+. The van der Waals surface area contributed by atoms with Crippen molar-refractivity contribution in [3.05, 3.63) is 130 Å². The van der Waals surface area contributed by atoms with Gasteiger partial charge in [-0.15, -0.1) is 10.2 Å². The Balaban J connectivity index is 1.34. The molecule has 52 heavy (non-hydrogen) atoms. The van der Waals surface area contributed by atoms with Gasteiger partial charge in [0.2, 0.25) is 5.13 Å². The van der Waals surface area contributed by atoms with Gasteiger partial charge in [-0.2, -0.15) is 0 Å². The second kappa shape index (κ2) is 16.5. The highest BCUT2D eigenvalue weighted by molar-refractivity contribution is 8.00. The van der Waals surface area contributed by atoms with Crippen molar-refractivity contribution >= 4 is 45.7 Å².